The van der Waals surface area contributed by atoms with Gasteiger partial charge in [0.25, 0.3) is 0 Å². The van der Waals surface area contributed by atoms with Crippen molar-refractivity contribution in [3.05, 3.63) is 77.2 Å². The first-order valence-corrected chi connectivity index (χ1v) is 9.70. The van der Waals surface area contributed by atoms with Crippen LogP contribution in [0, 0.1) is 0 Å². The average molecular weight is 438 g/mol. The van der Waals surface area contributed by atoms with Gasteiger partial charge in [0.2, 0.25) is 5.76 Å². The van der Waals surface area contributed by atoms with Crippen LogP contribution in [0.5, 0.6) is 11.5 Å². The first-order chi connectivity index (χ1) is 15.5. The van der Waals surface area contributed by atoms with Gasteiger partial charge in [0.05, 0.1) is 31.2 Å². The largest absolute Gasteiger partial charge is 0.490 e. The Morgan fingerprint density at radius 2 is 1.91 bits per heavy atom. The van der Waals surface area contributed by atoms with Gasteiger partial charge in [-0.3, -0.25) is 5.43 Å². The number of carboxylic acids is 1. The third-order valence-corrected chi connectivity index (χ3v) is 4.24. The number of para-hydroxylation sites is 1. The van der Waals surface area contributed by atoms with Crippen LogP contribution in [0.3, 0.4) is 0 Å². The maximum atomic E-state index is 11.5. The first kappa shape index (κ1) is 22.4. The number of carbonyl (C=O) groups excluding carboxylic acids is 1. The van der Waals surface area contributed by atoms with Crippen LogP contribution in [0.1, 0.15) is 39.2 Å². The zero-order chi connectivity index (χ0) is 22.9. The van der Waals surface area contributed by atoms with Crippen LogP contribution in [0.25, 0.3) is 0 Å². The molecule has 0 amide bonds. The van der Waals surface area contributed by atoms with Crippen LogP contribution in [-0.4, -0.2) is 37.0 Å². The molecule has 3 rings (SSSR count). The number of benzene rings is 2. The number of rotatable bonds is 10. The van der Waals surface area contributed by atoms with Crippen molar-refractivity contribution >= 4 is 23.8 Å². The van der Waals surface area contributed by atoms with Gasteiger partial charge in [0.15, 0.2) is 11.5 Å². The minimum Gasteiger partial charge on any atom is -0.490 e. The second kappa shape index (κ2) is 10.7. The minimum atomic E-state index is -1.04. The molecule has 0 aliphatic rings. The summed E-state index contributed by atoms with van der Waals surface area (Å²) >= 11 is 0. The molecule has 0 saturated carbocycles. The third-order valence-electron chi connectivity index (χ3n) is 4.24. The quantitative estimate of drug-likeness (QED) is 0.275. The standard InChI is InChI=1S/C23H22N2O7/c1-3-30-21-12-15(13-24-25-18-7-5-4-6-17(18)22(26)27)8-10-19(21)31-14-16-9-11-20(32-16)23(28)29-2/h4-13,25H,3,14H2,1-2H3,(H,26,27)/b24-13+. The van der Waals surface area contributed by atoms with Gasteiger partial charge in [-0.25, -0.2) is 9.59 Å². The fraction of sp³-hybridized carbons (Fsp3) is 0.174. The summed E-state index contributed by atoms with van der Waals surface area (Å²) in [6.07, 6.45) is 1.54. The number of ether oxygens (including phenoxy) is 3. The van der Waals surface area contributed by atoms with Gasteiger partial charge in [-0.05, 0) is 55.0 Å². The summed E-state index contributed by atoms with van der Waals surface area (Å²) in [4.78, 5) is 22.8. The summed E-state index contributed by atoms with van der Waals surface area (Å²) < 4.78 is 21.4. The molecule has 2 aromatic carbocycles. The van der Waals surface area contributed by atoms with E-state index in [-0.39, 0.29) is 17.9 Å². The highest BCUT2D eigenvalue weighted by atomic mass is 16.5. The number of nitrogens with zero attached hydrogens (tertiary/aromatic N) is 1. The number of carbonyl (C=O) groups is 2. The SMILES string of the molecule is CCOc1cc(/C=N/Nc2ccccc2C(=O)O)ccc1OCc1ccc(C(=O)OC)o1. The Morgan fingerprint density at radius 3 is 2.66 bits per heavy atom. The lowest BCUT2D eigenvalue weighted by Crippen LogP contribution is -2.02. The molecule has 0 unspecified atom stereocenters. The molecule has 0 bridgehead atoms. The number of esters is 1. The number of anilines is 1. The van der Waals surface area contributed by atoms with Crippen LogP contribution in [-0.2, 0) is 11.3 Å². The van der Waals surface area contributed by atoms with E-state index in [0.29, 0.717) is 35.1 Å². The Labute approximate surface area is 184 Å². The Bertz CT molecular complexity index is 1120. The number of nitrogens with one attached hydrogen (secondary N) is 1. The molecule has 1 aromatic heterocycles. The Balaban J connectivity index is 1.69. The number of carboxylic acid groups (broad SMARTS) is 1. The monoisotopic (exact) mass is 438 g/mol. The fourth-order valence-corrected chi connectivity index (χ4v) is 2.75. The number of furan rings is 1. The van der Waals surface area contributed by atoms with Crippen LogP contribution < -0.4 is 14.9 Å². The number of hydrazone groups is 1. The van der Waals surface area contributed by atoms with Crippen molar-refractivity contribution < 1.29 is 33.3 Å². The molecule has 0 fully saturated rings. The Morgan fingerprint density at radius 1 is 1.09 bits per heavy atom. The van der Waals surface area contributed by atoms with Crippen molar-refractivity contribution in [2.24, 2.45) is 5.10 Å². The van der Waals surface area contributed by atoms with E-state index in [1.165, 1.54) is 19.2 Å². The van der Waals surface area contributed by atoms with E-state index in [0.717, 1.165) is 0 Å². The third kappa shape index (κ3) is 5.66. The lowest BCUT2D eigenvalue weighted by molar-refractivity contribution is 0.0560. The molecule has 3 aromatic rings. The maximum absolute atomic E-state index is 11.5. The molecular weight excluding hydrogens is 416 g/mol. The number of methoxy groups -OCH3 is 1. The summed E-state index contributed by atoms with van der Waals surface area (Å²) in [6.45, 7) is 2.37. The summed E-state index contributed by atoms with van der Waals surface area (Å²) in [5, 5.41) is 13.3. The maximum Gasteiger partial charge on any atom is 0.373 e. The van der Waals surface area contributed by atoms with Gasteiger partial charge in [-0.15, -0.1) is 0 Å². The zero-order valence-electron chi connectivity index (χ0n) is 17.5. The van der Waals surface area contributed by atoms with E-state index in [1.807, 2.05) is 6.92 Å². The van der Waals surface area contributed by atoms with Gasteiger partial charge < -0.3 is 23.7 Å². The van der Waals surface area contributed by atoms with Crippen molar-refractivity contribution in [1.29, 1.82) is 0 Å². The predicted octanol–water partition coefficient (Wildman–Crippen LogP) is 4.19. The van der Waals surface area contributed by atoms with Gasteiger partial charge >= 0.3 is 11.9 Å². The number of hydrogen-bond donors (Lipinski definition) is 2. The molecule has 0 aliphatic carbocycles. The zero-order valence-corrected chi connectivity index (χ0v) is 17.5. The fourth-order valence-electron chi connectivity index (χ4n) is 2.75. The summed E-state index contributed by atoms with van der Waals surface area (Å²) in [5.41, 5.74) is 3.96. The molecule has 32 heavy (non-hydrogen) atoms. The molecule has 9 heteroatoms. The normalized spacial score (nSPS) is 10.7. The molecule has 0 atom stereocenters. The molecule has 0 aliphatic heterocycles. The lowest BCUT2D eigenvalue weighted by Gasteiger charge is -2.12. The van der Waals surface area contributed by atoms with Crippen molar-refractivity contribution in [3.8, 4) is 11.5 Å². The van der Waals surface area contributed by atoms with Gasteiger partial charge in [-0.1, -0.05) is 12.1 Å². The highest BCUT2D eigenvalue weighted by Gasteiger charge is 2.13. The summed E-state index contributed by atoms with van der Waals surface area (Å²) in [7, 11) is 1.28. The van der Waals surface area contributed by atoms with Gasteiger partial charge in [-0.2, -0.15) is 5.10 Å². The van der Waals surface area contributed by atoms with Crippen LogP contribution in [0.15, 0.2) is 64.1 Å². The molecule has 2 N–H and O–H groups in total. The van der Waals surface area contributed by atoms with E-state index < -0.39 is 11.9 Å². The lowest BCUT2D eigenvalue weighted by atomic mass is 10.2. The van der Waals surface area contributed by atoms with Crippen LogP contribution in [0.2, 0.25) is 0 Å². The Hall–Kier alpha value is -4.27. The first-order valence-electron chi connectivity index (χ1n) is 9.70. The molecule has 0 spiro atoms. The predicted molar refractivity (Wildman–Crippen MR) is 117 cm³/mol. The van der Waals surface area contributed by atoms with E-state index in [2.05, 4.69) is 15.3 Å². The molecule has 1 heterocycles. The van der Waals surface area contributed by atoms with Gasteiger partial charge in [0.1, 0.15) is 12.4 Å². The number of aromatic carboxylic acids is 1. The van der Waals surface area contributed by atoms with E-state index >= 15 is 0 Å². The number of hydrogen-bond acceptors (Lipinski definition) is 8. The second-order valence-electron chi connectivity index (χ2n) is 6.41. The van der Waals surface area contributed by atoms with Gasteiger partial charge in [0, 0.05) is 0 Å². The highest BCUT2D eigenvalue weighted by Crippen LogP contribution is 2.29. The highest BCUT2D eigenvalue weighted by molar-refractivity contribution is 5.94. The summed E-state index contributed by atoms with van der Waals surface area (Å²) in [5.74, 6) is -0.0565. The van der Waals surface area contributed by atoms with Crippen LogP contribution >= 0.6 is 0 Å². The molecule has 0 saturated heterocycles. The molecule has 166 valence electrons. The molecule has 0 radical (unpaired) electrons. The second-order valence-corrected chi connectivity index (χ2v) is 6.41. The minimum absolute atomic E-state index is 0.0953. The van der Waals surface area contributed by atoms with E-state index in [4.69, 9.17) is 13.9 Å². The van der Waals surface area contributed by atoms with E-state index in [9.17, 15) is 14.7 Å². The smallest absolute Gasteiger partial charge is 0.373 e. The van der Waals surface area contributed by atoms with Crippen molar-refractivity contribution in [2.75, 3.05) is 19.1 Å². The van der Waals surface area contributed by atoms with Crippen LogP contribution in [0.4, 0.5) is 5.69 Å². The molecule has 9 nitrogen and oxygen atoms in total. The van der Waals surface area contributed by atoms with Crippen molar-refractivity contribution in [3.63, 3.8) is 0 Å². The van der Waals surface area contributed by atoms with E-state index in [1.54, 1.807) is 48.7 Å². The molecular formula is C23H22N2O7. The van der Waals surface area contributed by atoms with Crippen molar-refractivity contribution in [2.45, 2.75) is 13.5 Å². The summed E-state index contributed by atoms with van der Waals surface area (Å²) in [6, 6.07) is 14.9. The Kier molecular flexibility index (Phi) is 7.47. The average Bonchev–Trinajstić information content (AvgIpc) is 3.27. The van der Waals surface area contributed by atoms with Crippen molar-refractivity contribution in [1.82, 2.24) is 0 Å². The topological polar surface area (TPSA) is 120 Å².